The lowest BCUT2D eigenvalue weighted by atomic mass is 10.1. The number of unbranched alkanes of at least 4 members (excludes halogenated alkanes) is 1. The first-order chi connectivity index (χ1) is 7.79. The molecule has 0 atom stereocenters. The van der Waals surface area contributed by atoms with Gasteiger partial charge in [-0.15, -0.1) is 0 Å². The van der Waals surface area contributed by atoms with Gasteiger partial charge in [0.2, 0.25) is 5.91 Å². The fraction of sp³-hybridized carbons (Fsp3) is 0.833. The molecule has 0 aromatic heterocycles. The molecule has 0 aromatic carbocycles. The molecule has 100 valence electrons. The van der Waals surface area contributed by atoms with E-state index in [9.17, 15) is 9.59 Å². The molecule has 17 heavy (non-hydrogen) atoms. The van der Waals surface area contributed by atoms with E-state index < -0.39 is 11.5 Å². The number of hydrogen-bond donors (Lipinski definition) is 2. The predicted octanol–water partition coefficient (Wildman–Crippen LogP) is 1.09. The molecule has 0 spiro atoms. The highest BCUT2D eigenvalue weighted by atomic mass is 16.4. The zero-order valence-corrected chi connectivity index (χ0v) is 11.2. The summed E-state index contributed by atoms with van der Waals surface area (Å²) in [6.45, 7) is 6.70. The van der Waals surface area contributed by atoms with Crippen LogP contribution in [0.3, 0.4) is 0 Å². The third kappa shape index (κ3) is 6.94. The Bertz CT molecular complexity index is 264. The molecule has 0 fully saturated rings. The fourth-order valence-electron chi connectivity index (χ4n) is 1.30. The third-order valence-electron chi connectivity index (χ3n) is 2.60. The van der Waals surface area contributed by atoms with Gasteiger partial charge in [0.05, 0.1) is 0 Å². The quantitative estimate of drug-likeness (QED) is 0.670. The van der Waals surface area contributed by atoms with Gasteiger partial charge in [-0.05, 0) is 33.9 Å². The lowest BCUT2D eigenvalue weighted by Gasteiger charge is -2.22. The van der Waals surface area contributed by atoms with Crippen molar-refractivity contribution in [2.45, 2.75) is 45.6 Å². The molecule has 0 aliphatic carbocycles. The Morgan fingerprint density at radius 1 is 1.29 bits per heavy atom. The zero-order chi connectivity index (χ0) is 13.5. The maximum absolute atomic E-state index is 11.5. The molecule has 0 rings (SSSR count). The van der Waals surface area contributed by atoms with Gasteiger partial charge in [0.1, 0.15) is 5.54 Å². The van der Waals surface area contributed by atoms with Gasteiger partial charge in [0, 0.05) is 13.0 Å². The van der Waals surface area contributed by atoms with Crippen molar-refractivity contribution in [1.82, 2.24) is 10.2 Å². The number of rotatable bonds is 8. The second kappa shape index (κ2) is 7.27. The Morgan fingerprint density at radius 2 is 1.88 bits per heavy atom. The fourth-order valence-corrected chi connectivity index (χ4v) is 1.30. The number of nitrogens with one attached hydrogen (secondary N) is 1. The number of carboxylic acid groups (broad SMARTS) is 1. The highest BCUT2D eigenvalue weighted by Crippen LogP contribution is 2.02. The first-order valence-corrected chi connectivity index (χ1v) is 6.02. The van der Waals surface area contributed by atoms with Crippen molar-refractivity contribution in [3.05, 3.63) is 0 Å². The van der Waals surface area contributed by atoms with E-state index in [1.807, 2.05) is 7.05 Å². The van der Waals surface area contributed by atoms with E-state index in [1.165, 1.54) is 13.8 Å². The van der Waals surface area contributed by atoms with Crippen LogP contribution < -0.4 is 5.32 Å². The van der Waals surface area contributed by atoms with E-state index >= 15 is 0 Å². The van der Waals surface area contributed by atoms with Crippen LogP contribution >= 0.6 is 0 Å². The summed E-state index contributed by atoms with van der Waals surface area (Å²) in [7, 11) is 1.96. The van der Waals surface area contributed by atoms with Crippen LogP contribution in [0.2, 0.25) is 0 Å². The summed E-state index contributed by atoms with van der Waals surface area (Å²) in [6.07, 6.45) is 2.57. The van der Waals surface area contributed by atoms with Crippen LogP contribution in [0.1, 0.15) is 40.0 Å². The molecule has 0 aliphatic rings. The number of nitrogens with zero attached hydrogens (tertiary/aromatic N) is 1. The molecule has 5 nitrogen and oxygen atoms in total. The normalized spacial score (nSPS) is 11.6. The molecule has 0 aromatic rings. The van der Waals surface area contributed by atoms with Gasteiger partial charge in [0.25, 0.3) is 0 Å². The highest BCUT2D eigenvalue weighted by molar-refractivity contribution is 5.86. The van der Waals surface area contributed by atoms with E-state index in [-0.39, 0.29) is 5.91 Å². The van der Waals surface area contributed by atoms with Gasteiger partial charge in [-0.3, -0.25) is 4.79 Å². The van der Waals surface area contributed by atoms with Gasteiger partial charge >= 0.3 is 5.97 Å². The molecule has 2 N–H and O–H groups in total. The van der Waals surface area contributed by atoms with E-state index in [0.29, 0.717) is 13.0 Å². The molecule has 1 amide bonds. The zero-order valence-electron chi connectivity index (χ0n) is 11.2. The topological polar surface area (TPSA) is 69.6 Å². The summed E-state index contributed by atoms with van der Waals surface area (Å²) in [4.78, 5) is 24.4. The van der Waals surface area contributed by atoms with E-state index in [2.05, 4.69) is 17.1 Å². The van der Waals surface area contributed by atoms with Crippen molar-refractivity contribution in [2.24, 2.45) is 0 Å². The summed E-state index contributed by atoms with van der Waals surface area (Å²) in [5.74, 6) is -1.24. The first-order valence-electron chi connectivity index (χ1n) is 6.02. The Morgan fingerprint density at radius 3 is 2.35 bits per heavy atom. The van der Waals surface area contributed by atoms with Crippen molar-refractivity contribution >= 4 is 11.9 Å². The SMILES string of the molecule is CCCCN(C)CCC(=O)NC(C)(C)C(=O)O. The van der Waals surface area contributed by atoms with Crippen LogP contribution in [0, 0.1) is 0 Å². The number of aliphatic carboxylic acids is 1. The van der Waals surface area contributed by atoms with Crippen LogP contribution in [0.5, 0.6) is 0 Å². The summed E-state index contributed by atoms with van der Waals surface area (Å²) in [5.41, 5.74) is -1.20. The third-order valence-corrected chi connectivity index (χ3v) is 2.60. The van der Waals surface area contributed by atoms with E-state index in [1.54, 1.807) is 0 Å². The Labute approximate surface area is 103 Å². The van der Waals surface area contributed by atoms with Gasteiger partial charge < -0.3 is 15.3 Å². The Kier molecular flexibility index (Phi) is 6.80. The summed E-state index contributed by atoms with van der Waals surface area (Å²) in [5, 5.41) is 11.4. The Hall–Kier alpha value is -1.10. The molecule has 0 bridgehead atoms. The van der Waals surface area contributed by atoms with E-state index in [4.69, 9.17) is 5.11 Å². The van der Waals surface area contributed by atoms with Gasteiger partial charge in [-0.25, -0.2) is 4.79 Å². The van der Waals surface area contributed by atoms with Crippen molar-refractivity contribution < 1.29 is 14.7 Å². The van der Waals surface area contributed by atoms with Crippen LogP contribution in [0.25, 0.3) is 0 Å². The largest absolute Gasteiger partial charge is 0.480 e. The van der Waals surface area contributed by atoms with Crippen molar-refractivity contribution in [1.29, 1.82) is 0 Å². The summed E-state index contributed by atoms with van der Waals surface area (Å²) < 4.78 is 0. The molecular weight excluding hydrogens is 220 g/mol. The van der Waals surface area contributed by atoms with Gasteiger partial charge in [0.15, 0.2) is 0 Å². The number of carbonyl (C=O) groups is 2. The molecule has 0 saturated carbocycles. The van der Waals surface area contributed by atoms with Crippen molar-refractivity contribution in [2.75, 3.05) is 20.1 Å². The van der Waals surface area contributed by atoms with Crippen molar-refractivity contribution in [3.63, 3.8) is 0 Å². The maximum Gasteiger partial charge on any atom is 0.328 e. The minimum atomic E-state index is -1.20. The van der Waals surface area contributed by atoms with E-state index in [0.717, 1.165) is 19.4 Å². The smallest absolute Gasteiger partial charge is 0.328 e. The predicted molar refractivity (Wildman–Crippen MR) is 66.9 cm³/mol. The number of amides is 1. The second-order valence-corrected chi connectivity index (χ2v) is 4.89. The molecule has 0 radical (unpaired) electrons. The molecule has 0 unspecified atom stereocenters. The van der Waals surface area contributed by atoms with Gasteiger partial charge in [-0.2, -0.15) is 0 Å². The highest BCUT2D eigenvalue weighted by Gasteiger charge is 2.28. The average molecular weight is 244 g/mol. The second-order valence-electron chi connectivity index (χ2n) is 4.89. The van der Waals surface area contributed by atoms with Crippen LogP contribution in [0.4, 0.5) is 0 Å². The summed E-state index contributed by atoms with van der Waals surface area (Å²) in [6, 6.07) is 0. The molecule has 5 heteroatoms. The number of hydrogen-bond acceptors (Lipinski definition) is 3. The first kappa shape index (κ1) is 15.9. The molecule has 0 saturated heterocycles. The monoisotopic (exact) mass is 244 g/mol. The average Bonchev–Trinajstić information content (AvgIpc) is 2.22. The lowest BCUT2D eigenvalue weighted by molar-refractivity contribution is -0.146. The maximum atomic E-state index is 11.5. The molecule has 0 aliphatic heterocycles. The number of carboxylic acids is 1. The lowest BCUT2D eigenvalue weighted by Crippen LogP contribution is -2.50. The number of carbonyl (C=O) groups excluding carboxylic acids is 1. The Balaban J connectivity index is 3.91. The van der Waals surface area contributed by atoms with Crippen LogP contribution in [0.15, 0.2) is 0 Å². The molecular formula is C12H24N2O3. The van der Waals surface area contributed by atoms with Gasteiger partial charge in [-0.1, -0.05) is 13.3 Å². The van der Waals surface area contributed by atoms with Crippen LogP contribution in [-0.4, -0.2) is 47.6 Å². The standard InChI is InChI=1S/C12H24N2O3/c1-5-6-8-14(4)9-7-10(15)13-12(2,3)11(16)17/h5-9H2,1-4H3,(H,13,15)(H,16,17). The minimum Gasteiger partial charge on any atom is -0.480 e. The van der Waals surface area contributed by atoms with Crippen LogP contribution in [-0.2, 0) is 9.59 Å². The molecule has 0 heterocycles. The summed E-state index contributed by atoms with van der Waals surface area (Å²) >= 11 is 0. The minimum absolute atomic E-state index is 0.222. The van der Waals surface area contributed by atoms with Crippen molar-refractivity contribution in [3.8, 4) is 0 Å².